The van der Waals surface area contributed by atoms with Crippen LogP contribution in [0.2, 0.25) is 0 Å². The van der Waals surface area contributed by atoms with Crippen LogP contribution in [0, 0.1) is 17.2 Å². The number of anilines is 1. The summed E-state index contributed by atoms with van der Waals surface area (Å²) in [5.74, 6) is 0.369. The van der Waals surface area contributed by atoms with Crippen molar-refractivity contribution in [3.05, 3.63) is 29.8 Å². The lowest BCUT2D eigenvalue weighted by Crippen LogP contribution is -2.43. The van der Waals surface area contributed by atoms with Gasteiger partial charge in [-0.1, -0.05) is 6.07 Å². The molecule has 0 aromatic heterocycles. The van der Waals surface area contributed by atoms with E-state index in [4.69, 9.17) is 14.7 Å². The zero-order valence-corrected chi connectivity index (χ0v) is 12.3. The molecule has 2 aliphatic heterocycles. The average Bonchev–Trinajstić information content (AvgIpc) is 3.09. The van der Waals surface area contributed by atoms with E-state index in [1.807, 2.05) is 0 Å². The molecule has 1 N–H and O–H groups in total. The number of carbonyl (C=O) groups is 1. The molecular weight excluding hydrogens is 282 g/mol. The zero-order chi connectivity index (χ0) is 15.4. The van der Waals surface area contributed by atoms with Gasteiger partial charge in [-0.15, -0.1) is 0 Å². The van der Waals surface area contributed by atoms with E-state index < -0.39 is 0 Å². The van der Waals surface area contributed by atoms with Gasteiger partial charge >= 0.3 is 6.03 Å². The molecular formula is C16H19N3O3. The highest BCUT2D eigenvalue weighted by molar-refractivity contribution is 5.89. The molecule has 6 nitrogen and oxygen atoms in total. The molecule has 0 spiro atoms. The number of rotatable bonds is 2. The molecule has 116 valence electrons. The van der Waals surface area contributed by atoms with Gasteiger partial charge < -0.3 is 19.7 Å². The van der Waals surface area contributed by atoms with Crippen molar-refractivity contribution in [2.45, 2.75) is 19.1 Å². The minimum Gasteiger partial charge on any atom is -0.350 e. The van der Waals surface area contributed by atoms with Crippen LogP contribution in [0.3, 0.4) is 0 Å². The Labute approximate surface area is 129 Å². The Morgan fingerprint density at radius 2 is 2.00 bits per heavy atom. The highest BCUT2D eigenvalue weighted by Crippen LogP contribution is 2.26. The van der Waals surface area contributed by atoms with Gasteiger partial charge in [-0.25, -0.2) is 4.79 Å². The first kappa shape index (κ1) is 14.8. The third-order valence-electron chi connectivity index (χ3n) is 4.10. The van der Waals surface area contributed by atoms with Crippen molar-refractivity contribution < 1.29 is 14.3 Å². The maximum absolute atomic E-state index is 12.3. The van der Waals surface area contributed by atoms with Crippen LogP contribution in [0.1, 0.15) is 18.4 Å². The van der Waals surface area contributed by atoms with E-state index in [2.05, 4.69) is 11.4 Å². The SMILES string of the molecule is N#Cc1cccc(NC(=O)N2CCC(C3OCCO3)CC2)c1. The van der Waals surface area contributed by atoms with Gasteiger partial charge in [0.05, 0.1) is 24.8 Å². The van der Waals surface area contributed by atoms with Crippen molar-refractivity contribution in [1.29, 1.82) is 5.26 Å². The Bertz CT molecular complexity index is 570. The van der Waals surface area contributed by atoms with Crippen LogP contribution in [-0.2, 0) is 9.47 Å². The Morgan fingerprint density at radius 3 is 2.68 bits per heavy atom. The van der Waals surface area contributed by atoms with E-state index >= 15 is 0 Å². The second kappa shape index (κ2) is 6.77. The van der Waals surface area contributed by atoms with Gasteiger partial charge in [0.1, 0.15) is 0 Å². The van der Waals surface area contributed by atoms with E-state index in [0.29, 0.717) is 43.5 Å². The van der Waals surface area contributed by atoms with Crippen molar-refractivity contribution in [2.24, 2.45) is 5.92 Å². The molecule has 3 rings (SSSR count). The van der Waals surface area contributed by atoms with Gasteiger partial charge in [0.15, 0.2) is 6.29 Å². The number of carbonyl (C=O) groups excluding carboxylic acids is 1. The maximum Gasteiger partial charge on any atom is 0.321 e. The third-order valence-corrected chi connectivity index (χ3v) is 4.10. The van der Waals surface area contributed by atoms with E-state index in [1.165, 1.54) is 0 Å². The van der Waals surface area contributed by atoms with Crippen molar-refractivity contribution >= 4 is 11.7 Å². The van der Waals surface area contributed by atoms with Crippen LogP contribution in [0.5, 0.6) is 0 Å². The zero-order valence-electron chi connectivity index (χ0n) is 12.3. The predicted molar refractivity (Wildman–Crippen MR) is 80.2 cm³/mol. The number of amides is 2. The molecule has 1 aromatic carbocycles. The summed E-state index contributed by atoms with van der Waals surface area (Å²) in [6, 6.07) is 8.87. The highest BCUT2D eigenvalue weighted by Gasteiger charge is 2.31. The van der Waals surface area contributed by atoms with Crippen LogP contribution in [0.15, 0.2) is 24.3 Å². The molecule has 0 aliphatic carbocycles. The number of urea groups is 1. The van der Waals surface area contributed by atoms with Crippen LogP contribution in [0.4, 0.5) is 10.5 Å². The molecule has 2 amide bonds. The third kappa shape index (κ3) is 3.38. The molecule has 0 atom stereocenters. The van der Waals surface area contributed by atoms with Gasteiger partial charge in [-0.05, 0) is 31.0 Å². The molecule has 1 aromatic rings. The van der Waals surface area contributed by atoms with Crippen LogP contribution in [-0.4, -0.2) is 43.5 Å². The van der Waals surface area contributed by atoms with Gasteiger partial charge in [0, 0.05) is 24.7 Å². The number of hydrogen-bond donors (Lipinski definition) is 1. The lowest BCUT2D eigenvalue weighted by atomic mass is 9.96. The number of hydrogen-bond acceptors (Lipinski definition) is 4. The van der Waals surface area contributed by atoms with E-state index in [1.54, 1.807) is 29.2 Å². The smallest absolute Gasteiger partial charge is 0.321 e. The summed E-state index contributed by atoms with van der Waals surface area (Å²) >= 11 is 0. The fraction of sp³-hybridized carbons (Fsp3) is 0.500. The Balaban J connectivity index is 1.52. The molecule has 6 heteroatoms. The first-order chi connectivity index (χ1) is 10.8. The summed E-state index contributed by atoms with van der Waals surface area (Å²) in [5.41, 5.74) is 1.18. The number of nitrogens with zero attached hydrogens (tertiary/aromatic N) is 2. The lowest BCUT2D eigenvalue weighted by Gasteiger charge is -2.33. The first-order valence-electron chi connectivity index (χ1n) is 7.55. The van der Waals surface area contributed by atoms with E-state index in [-0.39, 0.29) is 12.3 Å². The lowest BCUT2D eigenvalue weighted by molar-refractivity contribution is -0.0950. The standard InChI is InChI=1S/C16H19N3O3/c17-11-12-2-1-3-14(10-12)18-16(20)19-6-4-13(5-7-19)15-21-8-9-22-15/h1-3,10,13,15H,4-9H2,(H,18,20). The second-order valence-electron chi connectivity index (χ2n) is 5.56. The topological polar surface area (TPSA) is 74.6 Å². The number of piperidine rings is 1. The Kier molecular flexibility index (Phi) is 4.56. The number of likely N-dealkylation sites (tertiary alicyclic amines) is 1. The average molecular weight is 301 g/mol. The molecule has 0 saturated carbocycles. The van der Waals surface area contributed by atoms with Crippen molar-refractivity contribution in [3.63, 3.8) is 0 Å². The predicted octanol–water partition coefficient (Wildman–Crippen LogP) is 2.18. The fourth-order valence-electron chi connectivity index (χ4n) is 2.89. The van der Waals surface area contributed by atoms with Crippen LogP contribution in [0.25, 0.3) is 0 Å². The number of nitriles is 1. The highest BCUT2D eigenvalue weighted by atomic mass is 16.7. The fourth-order valence-corrected chi connectivity index (χ4v) is 2.89. The molecule has 0 radical (unpaired) electrons. The van der Waals surface area contributed by atoms with Crippen molar-refractivity contribution in [1.82, 2.24) is 4.90 Å². The van der Waals surface area contributed by atoms with E-state index in [9.17, 15) is 4.79 Å². The summed E-state index contributed by atoms with van der Waals surface area (Å²) in [7, 11) is 0. The summed E-state index contributed by atoms with van der Waals surface area (Å²) in [6.45, 7) is 2.72. The van der Waals surface area contributed by atoms with Crippen molar-refractivity contribution in [2.75, 3.05) is 31.6 Å². The van der Waals surface area contributed by atoms with Gasteiger partial charge in [0.25, 0.3) is 0 Å². The van der Waals surface area contributed by atoms with Gasteiger partial charge in [0.2, 0.25) is 0 Å². The van der Waals surface area contributed by atoms with Gasteiger partial charge in [-0.3, -0.25) is 0 Å². The van der Waals surface area contributed by atoms with Gasteiger partial charge in [-0.2, -0.15) is 5.26 Å². The molecule has 22 heavy (non-hydrogen) atoms. The maximum atomic E-state index is 12.3. The first-order valence-corrected chi connectivity index (χ1v) is 7.55. The number of ether oxygens (including phenoxy) is 2. The Hall–Kier alpha value is -2.10. The second-order valence-corrected chi connectivity index (χ2v) is 5.56. The minimum atomic E-state index is -0.123. The van der Waals surface area contributed by atoms with E-state index in [0.717, 1.165) is 12.8 Å². The molecule has 0 bridgehead atoms. The normalized spacial score (nSPS) is 19.9. The molecule has 2 saturated heterocycles. The molecule has 0 unspecified atom stereocenters. The van der Waals surface area contributed by atoms with Crippen LogP contribution >= 0.6 is 0 Å². The quantitative estimate of drug-likeness (QED) is 0.908. The summed E-state index contributed by atoms with van der Waals surface area (Å²) < 4.78 is 11.1. The summed E-state index contributed by atoms with van der Waals surface area (Å²) in [4.78, 5) is 14.1. The van der Waals surface area contributed by atoms with Crippen molar-refractivity contribution in [3.8, 4) is 6.07 Å². The molecule has 2 aliphatic rings. The summed E-state index contributed by atoms with van der Waals surface area (Å²) in [6.07, 6.45) is 1.67. The molecule has 2 heterocycles. The Morgan fingerprint density at radius 1 is 1.27 bits per heavy atom. The summed E-state index contributed by atoms with van der Waals surface area (Å²) in [5, 5.41) is 11.7. The molecule has 2 fully saturated rings. The minimum absolute atomic E-state index is 0.0995. The number of benzene rings is 1. The number of nitrogens with one attached hydrogen (secondary N) is 1. The van der Waals surface area contributed by atoms with Crippen LogP contribution < -0.4 is 5.32 Å². The monoisotopic (exact) mass is 301 g/mol. The largest absolute Gasteiger partial charge is 0.350 e.